The van der Waals surface area contributed by atoms with Gasteiger partial charge >= 0.3 is 5.97 Å². The lowest BCUT2D eigenvalue weighted by Gasteiger charge is -1.97. The van der Waals surface area contributed by atoms with Crippen LogP contribution in [0.15, 0.2) is 18.2 Å². The van der Waals surface area contributed by atoms with Gasteiger partial charge in [0, 0.05) is 5.39 Å². The molecule has 0 saturated heterocycles. The Bertz CT molecular complexity index is 493. The first-order valence-corrected chi connectivity index (χ1v) is 5.02. The number of carbonyl (C=O) groups excluding carboxylic acids is 1. The van der Waals surface area contributed by atoms with Gasteiger partial charge in [-0.1, -0.05) is 0 Å². The topological polar surface area (TPSA) is 55.0 Å². The van der Waals surface area contributed by atoms with E-state index in [-0.39, 0.29) is 0 Å². The van der Waals surface area contributed by atoms with Crippen molar-refractivity contribution in [3.8, 4) is 0 Å². The maximum atomic E-state index is 11.2. The molecule has 0 radical (unpaired) electrons. The van der Waals surface area contributed by atoms with Crippen molar-refractivity contribution in [1.29, 1.82) is 0 Å². The molecule has 4 nitrogen and oxygen atoms in total. The van der Waals surface area contributed by atoms with E-state index >= 15 is 0 Å². The number of esters is 1. The molecule has 2 aromatic heterocycles. The SMILES string of the molecule is COC(=O)c1ccc2cc(I)[nH]c2n1. The van der Waals surface area contributed by atoms with E-state index in [9.17, 15) is 4.79 Å². The number of ether oxygens (including phenoxy) is 1. The number of carbonyl (C=O) groups is 1. The van der Waals surface area contributed by atoms with Crippen LogP contribution in [0.5, 0.6) is 0 Å². The summed E-state index contributed by atoms with van der Waals surface area (Å²) >= 11 is 2.16. The van der Waals surface area contributed by atoms with Crippen LogP contribution in [0, 0.1) is 3.70 Å². The zero-order valence-electron chi connectivity index (χ0n) is 7.37. The lowest BCUT2D eigenvalue weighted by molar-refractivity contribution is 0.0594. The van der Waals surface area contributed by atoms with Crippen molar-refractivity contribution < 1.29 is 9.53 Å². The third-order valence-electron chi connectivity index (χ3n) is 1.84. The molecule has 0 aliphatic carbocycles. The minimum atomic E-state index is -0.420. The molecule has 0 bridgehead atoms. The van der Waals surface area contributed by atoms with E-state index in [1.165, 1.54) is 7.11 Å². The maximum Gasteiger partial charge on any atom is 0.356 e. The van der Waals surface area contributed by atoms with Crippen LogP contribution < -0.4 is 0 Å². The number of halogens is 1. The second-order valence-electron chi connectivity index (χ2n) is 2.74. The second kappa shape index (κ2) is 3.56. The number of pyridine rings is 1. The zero-order valence-corrected chi connectivity index (χ0v) is 9.53. The Morgan fingerprint density at radius 3 is 3.07 bits per heavy atom. The third kappa shape index (κ3) is 1.59. The minimum absolute atomic E-state index is 0.318. The van der Waals surface area contributed by atoms with Gasteiger partial charge in [-0.3, -0.25) is 0 Å². The van der Waals surface area contributed by atoms with Crippen molar-refractivity contribution in [1.82, 2.24) is 9.97 Å². The first kappa shape index (κ1) is 9.45. The van der Waals surface area contributed by atoms with E-state index in [0.717, 1.165) is 9.09 Å². The summed E-state index contributed by atoms with van der Waals surface area (Å²) in [5, 5.41) is 0.988. The van der Waals surface area contributed by atoms with Gasteiger partial charge in [0.2, 0.25) is 0 Å². The zero-order chi connectivity index (χ0) is 10.1. The van der Waals surface area contributed by atoms with Gasteiger partial charge in [0.25, 0.3) is 0 Å². The summed E-state index contributed by atoms with van der Waals surface area (Å²) in [5.41, 5.74) is 1.02. The molecule has 2 aromatic rings. The van der Waals surface area contributed by atoms with Crippen LogP contribution in [0.25, 0.3) is 11.0 Å². The van der Waals surface area contributed by atoms with Crippen LogP contribution in [-0.2, 0) is 4.74 Å². The average Bonchev–Trinajstić information content (AvgIpc) is 2.55. The monoisotopic (exact) mass is 302 g/mol. The molecule has 0 spiro atoms. The molecule has 0 atom stereocenters. The summed E-state index contributed by atoms with van der Waals surface area (Å²) in [6.45, 7) is 0. The van der Waals surface area contributed by atoms with E-state index in [1.54, 1.807) is 6.07 Å². The highest BCUT2D eigenvalue weighted by atomic mass is 127. The van der Waals surface area contributed by atoms with Gasteiger partial charge in [0.05, 0.1) is 10.8 Å². The molecular formula is C9H7IN2O2. The fourth-order valence-electron chi connectivity index (χ4n) is 1.19. The van der Waals surface area contributed by atoms with E-state index in [0.29, 0.717) is 11.3 Å². The van der Waals surface area contributed by atoms with Gasteiger partial charge in [-0.15, -0.1) is 0 Å². The molecule has 1 N–H and O–H groups in total. The Labute approximate surface area is 93.8 Å². The van der Waals surface area contributed by atoms with Crippen LogP contribution >= 0.6 is 22.6 Å². The van der Waals surface area contributed by atoms with Gasteiger partial charge in [-0.05, 0) is 40.8 Å². The molecule has 14 heavy (non-hydrogen) atoms. The largest absolute Gasteiger partial charge is 0.464 e. The number of H-pyrrole nitrogens is 1. The quantitative estimate of drug-likeness (QED) is 0.647. The molecule has 72 valence electrons. The highest BCUT2D eigenvalue weighted by molar-refractivity contribution is 14.1. The number of nitrogens with one attached hydrogen (secondary N) is 1. The van der Waals surface area contributed by atoms with Gasteiger partial charge in [0.15, 0.2) is 5.69 Å². The van der Waals surface area contributed by atoms with Crippen LogP contribution in [0.4, 0.5) is 0 Å². The van der Waals surface area contributed by atoms with Crippen molar-refractivity contribution >= 4 is 39.6 Å². The van der Waals surface area contributed by atoms with Gasteiger partial charge in [0.1, 0.15) is 5.65 Å². The molecule has 0 aliphatic rings. The van der Waals surface area contributed by atoms with E-state index in [2.05, 4.69) is 37.3 Å². The van der Waals surface area contributed by atoms with Gasteiger partial charge in [-0.2, -0.15) is 0 Å². The average molecular weight is 302 g/mol. The van der Waals surface area contributed by atoms with Crippen molar-refractivity contribution in [2.75, 3.05) is 7.11 Å². The standard InChI is InChI=1S/C9H7IN2O2/c1-14-9(13)6-3-2-5-4-7(10)12-8(5)11-6/h2-4H,1H3,(H,11,12). The van der Waals surface area contributed by atoms with Crippen LogP contribution in [0.2, 0.25) is 0 Å². The highest BCUT2D eigenvalue weighted by Crippen LogP contribution is 2.15. The number of nitrogens with zero attached hydrogens (tertiary/aromatic N) is 1. The Balaban J connectivity index is 2.55. The molecule has 0 fully saturated rings. The first-order valence-electron chi connectivity index (χ1n) is 3.94. The highest BCUT2D eigenvalue weighted by Gasteiger charge is 2.08. The number of fused-ring (bicyclic) bond motifs is 1. The predicted octanol–water partition coefficient (Wildman–Crippen LogP) is 1.95. The van der Waals surface area contributed by atoms with Crippen LogP contribution in [-0.4, -0.2) is 23.0 Å². The molecular weight excluding hydrogens is 295 g/mol. The molecule has 0 unspecified atom stereocenters. The number of rotatable bonds is 1. The molecule has 0 amide bonds. The fraction of sp³-hybridized carbons (Fsp3) is 0.111. The molecule has 0 saturated carbocycles. The molecule has 2 heterocycles. The number of hydrogen-bond acceptors (Lipinski definition) is 3. The number of aromatic nitrogens is 2. The number of methoxy groups -OCH3 is 1. The smallest absolute Gasteiger partial charge is 0.356 e. The summed E-state index contributed by atoms with van der Waals surface area (Å²) in [6, 6.07) is 5.45. The molecule has 0 aromatic carbocycles. The summed E-state index contributed by atoms with van der Waals surface area (Å²) in [5.74, 6) is -0.420. The van der Waals surface area contributed by atoms with Gasteiger partial charge in [-0.25, -0.2) is 9.78 Å². The lowest BCUT2D eigenvalue weighted by atomic mass is 10.3. The number of hydrogen-bond donors (Lipinski definition) is 1. The Morgan fingerprint density at radius 2 is 2.36 bits per heavy atom. The van der Waals surface area contributed by atoms with Gasteiger partial charge < -0.3 is 9.72 Å². The third-order valence-corrected chi connectivity index (χ3v) is 2.42. The second-order valence-corrected chi connectivity index (χ2v) is 3.91. The van der Waals surface area contributed by atoms with E-state index in [4.69, 9.17) is 0 Å². The fourth-order valence-corrected chi connectivity index (χ4v) is 1.78. The lowest BCUT2D eigenvalue weighted by Crippen LogP contribution is -2.03. The van der Waals surface area contributed by atoms with Crippen molar-refractivity contribution in [2.24, 2.45) is 0 Å². The van der Waals surface area contributed by atoms with Crippen LogP contribution in [0.1, 0.15) is 10.5 Å². The first-order chi connectivity index (χ1) is 6.70. The predicted molar refractivity (Wildman–Crippen MR) is 60.2 cm³/mol. The maximum absolute atomic E-state index is 11.2. The van der Waals surface area contributed by atoms with Crippen molar-refractivity contribution in [3.63, 3.8) is 0 Å². The minimum Gasteiger partial charge on any atom is -0.464 e. The Morgan fingerprint density at radius 1 is 1.57 bits per heavy atom. The summed E-state index contributed by atoms with van der Waals surface area (Å²) in [7, 11) is 1.34. The molecule has 2 rings (SSSR count). The number of aromatic amines is 1. The van der Waals surface area contributed by atoms with E-state index in [1.807, 2.05) is 12.1 Å². The Hall–Kier alpha value is -1.11. The summed E-state index contributed by atoms with van der Waals surface area (Å²) < 4.78 is 5.57. The van der Waals surface area contributed by atoms with Crippen molar-refractivity contribution in [2.45, 2.75) is 0 Å². The Kier molecular flexibility index (Phi) is 2.40. The van der Waals surface area contributed by atoms with E-state index < -0.39 is 5.97 Å². The molecule has 5 heteroatoms. The van der Waals surface area contributed by atoms with Crippen LogP contribution in [0.3, 0.4) is 0 Å². The summed E-state index contributed by atoms with van der Waals surface area (Å²) in [6.07, 6.45) is 0. The van der Waals surface area contributed by atoms with Crippen molar-refractivity contribution in [3.05, 3.63) is 27.6 Å². The summed E-state index contributed by atoms with van der Waals surface area (Å²) in [4.78, 5) is 18.3. The molecule has 0 aliphatic heterocycles. The normalized spacial score (nSPS) is 10.4.